The molecule has 0 bridgehead atoms. The molecule has 0 radical (unpaired) electrons. The van der Waals surface area contributed by atoms with Gasteiger partial charge in [-0.2, -0.15) is 0 Å². The zero-order chi connectivity index (χ0) is 14.4. The molecule has 0 amide bonds. The number of benzene rings is 1. The number of hydrogen-bond acceptors (Lipinski definition) is 3. The van der Waals surface area contributed by atoms with Crippen LogP contribution in [0.25, 0.3) is 16.9 Å². The molecule has 0 aliphatic rings. The number of aryl methyl sites for hydroxylation is 1. The van der Waals surface area contributed by atoms with E-state index >= 15 is 0 Å². The van der Waals surface area contributed by atoms with Crippen molar-refractivity contribution >= 4 is 22.8 Å². The van der Waals surface area contributed by atoms with Gasteiger partial charge in [-0.05, 0) is 12.1 Å². The van der Waals surface area contributed by atoms with Crippen molar-refractivity contribution in [1.82, 2.24) is 18.7 Å². The SMILES string of the molecule is C.Cn1c(=O)c2c(ncn2-c2ccccc2Cl)n(C)c1=O. The fraction of sp³-hybridized carbons (Fsp3) is 0.214. The molecule has 0 saturated carbocycles. The van der Waals surface area contributed by atoms with Crippen LogP contribution in [0.5, 0.6) is 0 Å². The molecule has 3 rings (SSSR count). The fourth-order valence-electron chi connectivity index (χ4n) is 2.17. The van der Waals surface area contributed by atoms with Crippen LogP contribution in [0.4, 0.5) is 0 Å². The summed E-state index contributed by atoms with van der Waals surface area (Å²) in [6.07, 6.45) is 1.49. The van der Waals surface area contributed by atoms with E-state index in [1.165, 1.54) is 17.9 Å². The second-order valence-corrected chi connectivity index (χ2v) is 4.85. The predicted octanol–water partition coefficient (Wildman–Crippen LogP) is 1.71. The third-order valence-corrected chi connectivity index (χ3v) is 3.58. The number of para-hydroxylation sites is 1. The number of fused-ring (bicyclic) bond motifs is 1. The van der Waals surface area contributed by atoms with Crippen molar-refractivity contribution in [2.24, 2.45) is 14.1 Å². The highest BCUT2D eigenvalue weighted by Crippen LogP contribution is 2.22. The first-order valence-electron chi connectivity index (χ1n) is 5.90. The topological polar surface area (TPSA) is 61.8 Å². The monoisotopic (exact) mass is 306 g/mol. The zero-order valence-electron chi connectivity index (χ0n) is 10.9. The Kier molecular flexibility index (Phi) is 3.74. The Bertz CT molecular complexity index is 936. The maximum atomic E-state index is 12.3. The number of aromatic nitrogens is 4. The summed E-state index contributed by atoms with van der Waals surface area (Å²) in [5, 5.41) is 0.503. The predicted molar refractivity (Wildman–Crippen MR) is 83.3 cm³/mol. The molecule has 0 spiro atoms. The van der Waals surface area contributed by atoms with Crippen LogP contribution in [-0.4, -0.2) is 18.7 Å². The first kappa shape index (κ1) is 15.1. The first-order valence-corrected chi connectivity index (χ1v) is 6.28. The number of hydrogen-bond donors (Lipinski definition) is 0. The molecule has 2 aromatic heterocycles. The van der Waals surface area contributed by atoms with Crippen molar-refractivity contribution in [3.8, 4) is 5.69 Å². The summed E-state index contributed by atoms with van der Waals surface area (Å²) in [5.41, 5.74) is 0.487. The van der Waals surface area contributed by atoms with E-state index < -0.39 is 11.2 Å². The quantitative estimate of drug-likeness (QED) is 0.687. The summed E-state index contributed by atoms with van der Waals surface area (Å²) in [7, 11) is 3.02. The number of nitrogens with zero attached hydrogens (tertiary/aromatic N) is 4. The van der Waals surface area contributed by atoms with Gasteiger partial charge in [0.1, 0.15) is 6.33 Å². The number of imidazole rings is 1. The minimum absolute atomic E-state index is 0. The molecule has 0 unspecified atom stereocenters. The van der Waals surface area contributed by atoms with Gasteiger partial charge in [-0.25, -0.2) is 9.78 Å². The molecule has 2 heterocycles. The van der Waals surface area contributed by atoms with Crippen LogP contribution in [0, 0.1) is 0 Å². The Balaban J connectivity index is 0.00000161. The van der Waals surface area contributed by atoms with E-state index in [9.17, 15) is 9.59 Å². The summed E-state index contributed by atoms with van der Waals surface area (Å²) < 4.78 is 3.99. The van der Waals surface area contributed by atoms with Crippen molar-refractivity contribution in [3.63, 3.8) is 0 Å². The Morgan fingerprint density at radius 3 is 2.43 bits per heavy atom. The van der Waals surface area contributed by atoms with Crippen molar-refractivity contribution in [2.75, 3.05) is 0 Å². The summed E-state index contributed by atoms with van der Waals surface area (Å²) in [6, 6.07) is 7.14. The smallest absolute Gasteiger partial charge is 0.291 e. The van der Waals surface area contributed by atoms with E-state index in [4.69, 9.17) is 11.6 Å². The molecular formula is C14H15ClN4O2. The van der Waals surface area contributed by atoms with Crippen LogP contribution in [-0.2, 0) is 14.1 Å². The molecule has 110 valence electrons. The van der Waals surface area contributed by atoms with Gasteiger partial charge in [0.25, 0.3) is 5.56 Å². The lowest BCUT2D eigenvalue weighted by atomic mass is 10.3. The molecule has 0 aliphatic carbocycles. The Labute approximate surface area is 125 Å². The molecule has 0 aliphatic heterocycles. The van der Waals surface area contributed by atoms with Crippen molar-refractivity contribution in [1.29, 1.82) is 0 Å². The van der Waals surface area contributed by atoms with Gasteiger partial charge in [0.05, 0.1) is 10.7 Å². The van der Waals surface area contributed by atoms with Crippen LogP contribution in [0.2, 0.25) is 5.02 Å². The second kappa shape index (κ2) is 5.21. The molecule has 0 fully saturated rings. The van der Waals surface area contributed by atoms with E-state index in [0.717, 1.165) is 4.57 Å². The Morgan fingerprint density at radius 2 is 1.76 bits per heavy atom. The normalized spacial score (nSPS) is 10.6. The second-order valence-electron chi connectivity index (χ2n) is 4.44. The maximum absolute atomic E-state index is 12.3. The molecule has 0 N–H and O–H groups in total. The van der Waals surface area contributed by atoms with Gasteiger partial charge < -0.3 is 0 Å². The largest absolute Gasteiger partial charge is 0.332 e. The summed E-state index contributed by atoms with van der Waals surface area (Å²) in [6.45, 7) is 0. The summed E-state index contributed by atoms with van der Waals surface area (Å²) in [4.78, 5) is 28.3. The van der Waals surface area contributed by atoms with Crippen LogP contribution >= 0.6 is 11.6 Å². The average molecular weight is 307 g/mol. The molecule has 7 heteroatoms. The standard InChI is InChI=1S/C13H11ClN4O2.CH4/c1-16-11-10(12(19)17(2)13(16)20)18(7-15-11)9-6-4-3-5-8(9)14;/h3-7H,1-2H3;1H4. The molecule has 21 heavy (non-hydrogen) atoms. The number of rotatable bonds is 1. The Morgan fingerprint density at radius 1 is 1.10 bits per heavy atom. The summed E-state index contributed by atoms with van der Waals surface area (Å²) >= 11 is 6.15. The molecule has 0 saturated heterocycles. The minimum atomic E-state index is -0.410. The highest BCUT2D eigenvalue weighted by Gasteiger charge is 2.16. The summed E-state index contributed by atoms with van der Waals surface area (Å²) in [5.74, 6) is 0. The fourth-order valence-corrected chi connectivity index (χ4v) is 2.40. The average Bonchev–Trinajstić information content (AvgIpc) is 2.88. The first-order chi connectivity index (χ1) is 9.52. The molecule has 0 atom stereocenters. The lowest BCUT2D eigenvalue weighted by Gasteiger charge is -2.07. The number of halogens is 1. The lowest BCUT2D eigenvalue weighted by molar-refractivity contribution is 0.707. The van der Waals surface area contributed by atoms with Gasteiger partial charge in [-0.3, -0.25) is 18.5 Å². The van der Waals surface area contributed by atoms with Crippen LogP contribution < -0.4 is 11.2 Å². The maximum Gasteiger partial charge on any atom is 0.332 e. The van der Waals surface area contributed by atoms with Crippen LogP contribution in [0.1, 0.15) is 7.43 Å². The molecule has 3 aromatic rings. The third kappa shape index (κ3) is 2.08. The van der Waals surface area contributed by atoms with E-state index in [1.807, 2.05) is 6.07 Å². The van der Waals surface area contributed by atoms with E-state index in [0.29, 0.717) is 21.9 Å². The molecule has 1 aromatic carbocycles. The van der Waals surface area contributed by atoms with Gasteiger partial charge in [0.15, 0.2) is 11.2 Å². The van der Waals surface area contributed by atoms with Crippen molar-refractivity contribution in [3.05, 3.63) is 56.5 Å². The molecular weight excluding hydrogens is 292 g/mol. The lowest BCUT2D eigenvalue weighted by Crippen LogP contribution is -2.37. The molecule has 6 nitrogen and oxygen atoms in total. The Hall–Kier alpha value is -2.34. The highest BCUT2D eigenvalue weighted by molar-refractivity contribution is 6.32. The minimum Gasteiger partial charge on any atom is -0.291 e. The zero-order valence-corrected chi connectivity index (χ0v) is 11.6. The van der Waals surface area contributed by atoms with Crippen molar-refractivity contribution in [2.45, 2.75) is 7.43 Å². The van der Waals surface area contributed by atoms with Crippen LogP contribution in [0.15, 0.2) is 40.2 Å². The van der Waals surface area contributed by atoms with Gasteiger partial charge in [-0.15, -0.1) is 0 Å². The van der Waals surface area contributed by atoms with Crippen molar-refractivity contribution < 1.29 is 0 Å². The third-order valence-electron chi connectivity index (χ3n) is 3.26. The van der Waals surface area contributed by atoms with Gasteiger partial charge in [-0.1, -0.05) is 31.2 Å². The van der Waals surface area contributed by atoms with E-state index in [-0.39, 0.29) is 7.43 Å². The van der Waals surface area contributed by atoms with Crippen LogP contribution in [0.3, 0.4) is 0 Å². The highest BCUT2D eigenvalue weighted by atomic mass is 35.5. The van der Waals surface area contributed by atoms with Gasteiger partial charge in [0.2, 0.25) is 0 Å². The van der Waals surface area contributed by atoms with E-state index in [1.54, 1.807) is 29.8 Å². The van der Waals surface area contributed by atoms with Gasteiger partial charge >= 0.3 is 5.69 Å². The van der Waals surface area contributed by atoms with Gasteiger partial charge in [0, 0.05) is 14.1 Å². The van der Waals surface area contributed by atoms with E-state index in [2.05, 4.69) is 4.98 Å².